The zero-order valence-corrected chi connectivity index (χ0v) is 17.1. The Morgan fingerprint density at radius 2 is 2.04 bits per heavy atom. The van der Waals surface area contributed by atoms with Crippen LogP contribution in [0.5, 0.6) is 0 Å². The SMILES string of the molecule is COC(=O)C1=C(C)NC2=C(C(=O)CC(C)(C)C2)[C@@H]1c1cccc(I)c1. The van der Waals surface area contributed by atoms with E-state index in [0.717, 1.165) is 26.9 Å². The molecule has 2 aliphatic rings. The monoisotopic (exact) mass is 451 g/mol. The Hall–Kier alpha value is -1.63. The van der Waals surface area contributed by atoms with Gasteiger partial charge in [-0.05, 0) is 59.0 Å². The Bertz CT molecular complexity index is 820. The van der Waals surface area contributed by atoms with E-state index in [1.807, 2.05) is 31.2 Å². The van der Waals surface area contributed by atoms with Gasteiger partial charge in [-0.3, -0.25) is 4.79 Å². The van der Waals surface area contributed by atoms with Gasteiger partial charge >= 0.3 is 5.97 Å². The molecule has 0 saturated heterocycles. The van der Waals surface area contributed by atoms with E-state index >= 15 is 0 Å². The molecule has 0 aromatic heterocycles. The molecular formula is C20H22INO3. The minimum absolute atomic E-state index is 0.0817. The fraction of sp³-hybridized carbons (Fsp3) is 0.400. The van der Waals surface area contributed by atoms with Gasteiger partial charge in [0.15, 0.2) is 5.78 Å². The third-order valence-corrected chi connectivity index (χ3v) is 5.50. The van der Waals surface area contributed by atoms with Crippen LogP contribution in [-0.4, -0.2) is 18.9 Å². The van der Waals surface area contributed by atoms with Crippen LogP contribution in [0.4, 0.5) is 0 Å². The number of halogens is 1. The van der Waals surface area contributed by atoms with Crippen molar-refractivity contribution in [2.24, 2.45) is 5.41 Å². The van der Waals surface area contributed by atoms with Crippen LogP contribution >= 0.6 is 22.6 Å². The van der Waals surface area contributed by atoms with Gasteiger partial charge in [0.2, 0.25) is 0 Å². The topological polar surface area (TPSA) is 55.4 Å². The number of ketones is 1. The van der Waals surface area contributed by atoms with E-state index in [0.29, 0.717) is 17.6 Å². The minimum atomic E-state index is -0.391. The fourth-order valence-corrected chi connectivity index (χ4v) is 4.40. The lowest BCUT2D eigenvalue weighted by Gasteiger charge is -2.39. The molecule has 4 nitrogen and oxygen atoms in total. The zero-order chi connectivity index (χ0) is 18.4. The van der Waals surface area contributed by atoms with Gasteiger partial charge in [-0.25, -0.2) is 4.79 Å². The summed E-state index contributed by atoms with van der Waals surface area (Å²) in [6.07, 6.45) is 1.28. The summed E-state index contributed by atoms with van der Waals surface area (Å²) in [5.74, 6) is -0.656. The Morgan fingerprint density at radius 3 is 2.68 bits per heavy atom. The van der Waals surface area contributed by atoms with E-state index in [4.69, 9.17) is 4.74 Å². The number of dihydropyridines is 1. The summed E-state index contributed by atoms with van der Waals surface area (Å²) in [7, 11) is 1.38. The number of methoxy groups -OCH3 is 1. The molecule has 1 aromatic rings. The van der Waals surface area contributed by atoms with E-state index in [1.165, 1.54) is 7.11 Å². The van der Waals surface area contributed by atoms with Crippen molar-refractivity contribution in [3.63, 3.8) is 0 Å². The second-order valence-electron chi connectivity index (χ2n) is 7.48. The average Bonchev–Trinajstić information content (AvgIpc) is 2.51. The summed E-state index contributed by atoms with van der Waals surface area (Å²) in [5, 5.41) is 3.32. The van der Waals surface area contributed by atoms with E-state index < -0.39 is 5.97 Å². The number of esters is 1. The summed E-state index contributed by atoms with van der Waals surface area (Å²) < 4.78 is 6.10. The molecule has 1 aliphatic heterocycles. The maximum atomic E-state index is 13.0. The number of benzene rings is 1. The Morgan fingerprint density at radius 1 is 1.32 bits per heavy atom. The van der Waals surface area contributed by atoms with Crippen molar-refractivity contribution in [3.8, 4) is 0 Å². The molecular weight excluding hydrogens is 429 g/mol. The number of nitrogens with one attached hydrogen (secondary N) is 1. The number of carbonyl (C=O) groups is 2. The molecule has 0 fully saturated rings. The lowest BCUT2D eigenvalue weighted by Crippen LogP contribution is -2.38. The predicted octanol–water partition coefficient (Wildman–Crippen LogP) is 4.07. The Kier molecular flexibility index (Phi) is 4.79. The van der Waals surface area contributed by atoms with Crippen molar-refractivity contribution in [1.82, 2.24) is 5.32 Å². The van der Waals surface area contributed by atoms with Crippen LogP contribution < -0.4 is 5.32 Å². The van der Waals surface area contributed by atoms with Gasteiger partial charge in [0.1, 0.15) is 0 Å². The first-order chi connectivity index (χ1) is 11.7. The molecule has 1 aliphatic carbocycles. The molecule has 1 atom stereocenters. The van der Waals surface area contributed by atoms with Crippen molar-refractivity contribution in [3.05, 3.63) is 55.9 Å². The molecule has 0 radical (unpaired) electrons. The summed E-state index contributed by atoms with van der Waals surface area (Å²) >= 11 is 2.25. The van der Waals surface area contributed by atoms with Gasteiger partial charge in [0.05, 0.1) is 12.7 Å². The molecule has 5 heteroatoms. The standard InChI is InChI=1S/C20H22INO3/c1-11-16(19(24)25-4)17(12-6-5-7-13(21)8-12)18-14(22-11)9-20(2,3)10-15(18)23/h5-8,17,22H,9-10H2,1-4H3/t17-/m1/s1. The maximum absolute atomic E-state index is 13.0. The smallest absolute Gasteiger partial charge is 0.336 e. The third-order valence-electron chi connectivity index (χ3n) is 4.83. The highest BCUT2D eigenvalue weighted by Gasteiger charge is 2.42. The molecule has 1 N–H and O–H groups in total. The number of hydrogen-bond acceptors (Lipinski definition) is 4. The van der Waals surface area contributed by atoms with Crippen LogP contribution in [0.25, 0.3) is 0 Å². The number of carbonyl (C=O) groups excluding carboxylic acids is 2. The van der Waals surface area contributed by atoms with Gasteiger partial charge in [0.25, 0.3) is 0 Å². The van der Waals surface area contributed by atoms with Gasteiger partial charge in [-0.1, -0.05) is 26.0 Å². The number of ether oxygens (including phenoxy) is 1. The highest BCUT2D eigenvalue weighted by molar-refractivity contribution is 14.1. The van der Waals surface area contributed by atoms with Gasteiger partial charge in [0, 0.05) is 32.9 Å². The zero-order valence-electron chi connectivity index (χ0n) is 14.9. The number of allylic oxidation sites excluding steroid dienone is 3. The summed E-state index contributed by atoms with van der Waals surface area (Å²) in [6, 6.07) is 7.97. The first kappa shape index (κ1) is 18.2. The van der Waals surface area contributed by atoms with Crippen LogP contribution in [0.3, 0.4) is 0 Å². The van der Waals surface area contributed by atoms with Crippen molar-refractivity contribution in [2.45, 2.75) is 39.5 Å². The highest BCUT2D eigenvalue weighted by Crippen LogP contribution is 2.46. The maximum Gasteiger partial charge on any atom is 0.336 e. The predicted molar refractivity (Wildman–Crippen MR) is 105 cm³/mol. The van der Waals surface area contributed by atoms with Crippen LogP contribution in [-0.2, 0) is 14.3 Å². The lowest BCUT2D eigenvalue weighted by atomic mass is 9.68. The second kappa shape index (κ2) is 6.59. The third kappa shape index (κ3) is 3.38. The van der Waals surface area contributed by atoms with Crippen molar-refractivity contribution < 1.29 is 14.3 Å². The second-order valence-corrected chi connectivity index (χ2v) is 8.72. The first-order valence-corrected chi connectivity index (χ1v) is 9.39. The van der Waals surface area contributed by atoms with Crippen LogP contribution in [0.2, 0.25) is 0 Å². The number of rotatable bonds is 2. The first-order valence-electron chi connectivity index (χ1n) is 8.31. The van der Waals surface area contributed by atoms with Gasteiger partial charge in [-0.15, -0.1) is 0 Å². The summed E-state index contributed by atoms with van der Waals surface area (Å²) in [4.78, 5) is 25.5. The molecule has 1 heterocycles. The fourth-order valence-electron chi connectivity index (χ4n) is 3.84. The van der Waals surface area contributed by atoms with E-state index in [9.17, 15) is 9.59 Å². The quantitative estimate of drug-likeness (QED) is 0.544. The normalized spacial score (nSPS) is 22.4. The summed E-state index contributed by atoms with van der Waals surface area (Å²) in [6.45, 7) is 6.08. The molecule has 0 bridgehead atoms. The van der Waals surface area contributed by atoms with E-state index in [-0.39, 0.29) is 17.1 Å². The number of Topliss-reactive ketones (excluding diaryl/α,β-unsaturated/α-hetero) is 1. The van der Waals surface area contributed by atoms with Crippen LogP contribution in [0.15, 0.2) is 46.8 Å². The molecule has 132 valence electrons. The van der Waals surface area contributed by atoms with E-state index in [1.54, 1.807) is 0 Å². The molecule has 3 rings (SSSR count). The molecule has 0 unspecified atom stereocenters. The van der Waals surface area contributed by atoms with Gasteiger partial charge in [-0.2, -0.15) is 0 Å². The summed E-state index contributed by atoms with van der Waals surface area (Å²) in [5.41, 5.74) is 3.81. The van der Waals surface area contributed by atoms with Crippen molar-refractivity contribution >= 4 is 34.3 Å². The molecule has 0 spiro atoms. The molecule has 0 amide bonds. The highest BCUT2D eigenvalue weighted by atomic mass is 127. The van der Waals surface area contributed by atoms with Gasteiger partial charge < -0.3 is 10.1 Å². The number of hydrogen-bond donors (Lipinski definition) is 1. The Labute approximate surface area is 161 Å². The average molecular weight is 451 g/mol. The molecule has 0 saturated carbocycles. The molecule has 25 heavy (non-hydrogen) atoms. The van der Waals surface area contributed by atoms with Crippen LogP contribution in [0.1, 0.15) is 45.1 Å². The largest absolute Gasteiger partial charge is 0.466 e. The minimum Gasteiger partial charge on any atom is -0.466 e. The van der Waals surface area contributed by atoms with Crippen LogP contribution in [0, 0.1) is 8.99 Å². The van der Waals surface area contributed by atoms with Crippen molar-refractivity contribution in [1.29, 1.82) is 0 Å². The Balaban J connectivity index is 2.21. The van der Waals surface area contributed by atoms with E-state index in [2.05, 4.69) is 41.8 Å². The molecule has 1 aromatic carbocycles. The lowest BCUT2D eigenvalue weighted by molar-refractivity contribution is -0.136. The van der Waals surface area contributed by atoms with Crippen molar-refractivity contribution in [2.75, 3.05) is 7.11 Å².